The molecule has 0 fully saturated rings. The maximum atomic E-state index is 12.4. The van der Waals surface area contributed by atoms with E-state index in [1.54, 1.807) is 0 Å². The number of rotatable bonds is 6. The summed E-state index contributed by atoms with van der Waals surface area (Å²) in [6.07, 6.45) is -23.1. The molecule has 0 aliphatic carbocycles. The summed E-state index contributed by atoms with van der Waals surface area (Å²) in [5.74, 6) is -12.3. The molecule has 0 saturated carbocycles. The first kappa shape index (κ1) is 31.7. The van der Waals surface area contributed by atoms with Gasteiger partial charge in [-0.2, -0.15) is 0 Å². The van der Waals surface area contributed by atoms with Gasteiger partial charge in [0, 0.05) is 0 Å². The van der Waals surface area contributed by atoms with E-state index in [0.29, 0.717) is 24.3 Å². The van der Waals surface area contributed by atoms with E-state index in [1.165, 1.54) is 0 Å². The number of halogens is 14. The number of carbonyl (C=O) groups is 4. The van der Waals surface area contributed by atoms with Gasteiger partial charge in [0.05, 0.1) is 0 Å². The minimum absolute atomic E-state index is 0.376. The third kappa shape index (κ3) is 9.64. The second kappa shape index (κ2) is 11.4. The van der Waals surface area contributed by atoms with Gasteiger partial charge in [-0.05, 0) is 0 Å². The molecule has 0 heterocycles. The van der Waals surface area contributed by atoms with Crippen molar-refractivity contribution in [2.24, 2.45) is 0 Å². The Kier molecular flexibility index (Phi) is 10.1. The molecule has 1 aromatic rings. The molecule has 36 heavy (non-hydrogen) atoms. The Morgan fingerprint density at radius 2 is 0.611 bits per heavy atom. The zero-order chi connectivity index (χ0) is 28.3. The van der Waals surface area contributed by atoms with Crippen LogP contribution in [0.3, 0.4) is 0 Å². The molecule has 206 valence electrons. The molecule has 0 aliphatic rings. The van der Waals surface area contributed by atoms with Crippen molar-refractivity contribution in [2.75, 3.05) is 0 Å². The zero-order valence-corrected chi connectivity index (χ0v) is 20.2. The van der Waals surface area contributed by atoms with Crippen molar-refractivity contribution in [1.29, 1.82) is 0 Å². The van der Waals surface area contributed by atoms with Crippen molar-refractivity contribution < 1.29 is 84.1 Å². The Bertz CT molecular complexity index is 849. The summed E-state index contributed by atoms with van der Waals surface area (Å²) in [6.45, 7) is 0. The molecule has 0 atom stereocenters. The summed E-state index contributed by atoms with van der Waals surface area (Å²) in [5, 5.41) is 0. The van der Waals surface area contributed by atoms with Crippen LogP contribution in [0, 0.1) is 7.14 Å². The predicted molar refractivity (Wildman–Crippen MR) is 100 cm³/mol. The Morgan fingerprint density at radius 1 is 0.444 bits per heavy atom. The molecular formula is C14H4F12I2O8. The molecule has 0 aliphatic heterocycles. The molecule has 1 aromatic carbocycles. The van der Waals surface area contributed by atoms with E-state index in [0.717, 1.165) is 0 Å². The first-order valence-electron chi connectivity index (χ1n) is 7.72. The van der Waals surface area contributed by atoms with Crippen LogP contribution in [0.1, 0.15) is 0 Å². The van der Waals surface area contributed by atoms with Crippen LogP contribution >= 0.6 is 41.3 Å². The van der Waals surface area contributed by atoms with Gasteiger partial charge in [0.25, 0.3) is 0 Å². The molecule has 0 unspecified atom stereocenters. The van der Waals surface area contributed by atoms with Crippen LogP contribution in [0.15, 0.2) is 24.3 Å². The topological polar surface area (TPSA) is 105 Å². The first-order chi connectivity index (χ1) is 16.0. The number of hydrogen-bond acceptors (Lipinski definition) is 8. The van der Waals surface area contributed by atoms with Crippen LogP contribution in [0.5, 0.6) is 0 Å². The fraction of sp³-hybridized carbons (Fsp3) is 0.286. The van der Waals surface area contributed by atoms with Crippen molar-refractivity contribution in [3.05, 3.63) is 31.4 Å². The van der Waals surface area contributed by atoms with E-state index in [9.17, 15) is 71.9 Å². The molecule has 0 aromatic heterocycles. The molecule has 0 saturated heterocycles. The van der Waals surface area contributed by atoms with Crippen molar-refractivity contribution in [1.82, 2.24) is 0 Å². The van der Waals surface area contributed by atoms with E-state index in [-0.39, 0.29) is 0 Å². The Hall–Kier alpha value is -2.28. The van der Waals surface area contributed by atoms with Crippen molar-refractivity contribution in [3.8, 4) is 0 Å². The molecule has 0 N–H and O–H groups in total. The standard InChI is InChI=1S/C14H4F12I2O8/c15-11(16,17)7(29)33-27(34-8(30)12(18,19)20)5-1-2-6(4-3-5)28(35-9(31)13(21,22)23)36-10(32)14(24,25)26/h1-4H. The minimum atomic E-state index is -5.77. The van der Waals surface area contributed by atoms with Gasteiger partial charge in [0.2, 0.25) is 0 Å². The quantitative estimate of drug-likeness (QED) is 0.290. The average Bonchev–Trinajstić information content (AvgIpc) is 2.69. The second-order valence-electron chi connectivity index (χ2n) is 5.32. The number of benzene rings is 1. The summed E-state index contributed by atoms with van der Waals surface area (Å²) in [5.41, 5.74) is 0. The van der Waals surface area contributed by atoms with Gasteiger partial charge in [0.1, 0.15) is 0 Å². The zero-order valence-electron chi connectivity index (χ0n) is 15.9. The normalized spacial score (nSPS) is 13.3. The van der Waals surface area contributed by atoms with Crippen molar-refractivity contribution in [2.45, 2.75) is 24.7 Å². The van der Waals surface area contributed by atoms with Crippen molar-refractivity contribution in [3.63, 3.8) is 0 Å². The van der Waals surface area contributed by atoms with Crippen LogP contribution in [-0.4, -0.2) is 48.6 Å². The summed E-state index contributed by atoms with van der Waals surface area (Å²) < 4.78 is 162. The predicted octanol–water partition coefficient (Wildman–Crippen LogP) is 5.12. The summed E-state index contributed by atoms with van der Waals surface area (Å²) in [7, 11) is 0. The van der Waals surface area contributed by atoms with Gasteiger partial charge < -0.3 is 0 Å². The molecule has 22 heteroatoms. The van der Waals surface area contributed by atoms with Crippen LogP contribution in [0.2, 0.25) is 0 Å². The van der Waals surface area contributed by atoms with Crippen LogP contribution in [0.25, 0.3) is 0 Å². The van der Waals surface area contributed by atoms with E-state index in [1.807, 2.05) is 0 Å². The van der Waals surface area contributed by atoms with Crippen LogP contribution < -0.4 is 0 Å². The summed E-state index contributed by atoms with van der Waals surface area (Å²) in [4.78, 5) is 43.9. The second-order valence-corrected chi connectivity index (χ2v) is 12.1. The fourth-order valence-corrected chi connectivity index (χ4v) is 6.82. The van der Waals surface area contributed by atoms with Gasteiger partial charge >= 0.3 is 205 Å². The third-order valence-electron chi connectivity index (χ3n) is 2.65. The molecule has 0 radical (unpaired) electrons. The fourth-order valence-electron chi connectivity index (χ4n) is 1.27. The molecule has 0 bridgehead atoms. The molecule has 0 amide bonds. The van der Waals surface area contributed by atoms with Gasteiger partial charge in [-0.25, -0.2) is 0 Å². The average molecular weight is 782 g/mol. The van der Waals surface area contributed by atoms with Crippen LogP contribution in [0.4, 0.5) is 52.7 Å². The number of hydrogen-bond donors (Lipinski definition) is 0. The number of carbonyl (C=O) groups excluding carboxylic acids is 4. The monoisotopic (exact) mass is 782 g/mol. The Labute approximate surface area is 205 Å². The van der Waals surface area contributed by atoms with E-state index >= 15 is 0 Å². The summed E-state index contributed by atoms with van der Waals surface area (Å²) in [6, 6.07) is 1.50. The van der Waals surface area contributed by atoms with Gasteiger partial charge in [0.15, 0.2) is 0 Å². The molecule has 0 spiro atoms. The number of alkyl halides is 12. The first-order valence-corrected chi connectivity index (χ1v) is 13.4. The van der Waals surface area contributed by atoms with E-state index in [2.05, 4.69) is 12.3 Å². The molecular weight excluding hydrogens is 778 g/mol. The van der Waals surface area contributed by atoms with E-state index < -0.39 is 97.0 Å². The molecule has 1 rings (SSSR count). The van der Waals surface area contributed by atoms with Gasteiger partial charge in [-0.1, -0.05) is 0 Å². The van der Waals surface area contributed by atoms with Gasteiger partial charge in [-0.3, -0.25) is 0 Å². The van der Waals surface area contributed by atoms with Gasteiger partial charge in [-0.15, -0.1) is 0 Å². The Morgan fingerprint density at radius 3 is 0.750 bits per heavy atom. The SMILES string of the molecule is O=C(OI(OC(=O)C(F)(F)F)c1ccc(I(OC(=O)C(F)(F)F)OC(=O)C(F)(F)F)cc1)C(F)(F)F. The van der Waals surface area contributed by atoms with E-state index in [4.69, 9.17) is 0 Å². The third-order valence-corrected chi connectivity index (χ3v) is 9.32. The van der Waals surface area contributed by atoms with Crippen molar-refractivity contribution >= 4 is 65.2 Å². The summed E-state index contributed by atoms with van der Waals surface area (Å²) >= 11 is -9.97. The maximum absolute atomic E-state index is 12.4. The van der Waals surface area contributed by atoms with Crippen LogP contribution in [-0.2, 0) is 31.4 Å². The Balaban J connectivity index is 3.36. The molecule has 8 nitrogen and oxygen atoms in total.